The van der Waals surface area contributed by atoms with Gasteiger partial charge >= 0.3 is 0 Å². The summed E-state index contributed by atoms with van der Waals surface area (Å²) in [6, 6.07) is 13.3. The quantitative estimate of drug-likeness (QED) is 0.702. The molecule has 2 aromatic carbocycles. The Bertz CT molecular complexity index is 815. The number of thiazole rings is 1. The Balaban J connectivity index is 1.64. The monoisotopic (exact) mass is 344 g/mol. The lowest BCUT2D eigenvalue weighted by Crippen LogP contribution is -2.33. The van der Waals surface area contributed by atoms with E-state index in [1.165, 1.54) is 24.3 Å². The molecule has 0 saturated carbocycles. The summed E-state index contributed by atoms with van der Waals surface area (Å²) in [5.74, 6) is -0.0351. The van der Waals surface area contributed by atoms with Gasteiger partial charge in [-0.3, -0.25) is 4.79 Å². The average Bonchev–Trinajstić information content (AvgIpc) is 3.03. The van der Waals surface area contributed by atoms with Gasteiger partial charge in [-0.25, -0.2) is 9.37 Å². The minimum absolute atomic E-state index is 0.0998. The number of para-hydroxylation sites is 1. The second-order valence-electron chi connectivity index (χ2n) is 5.44. The van der Waals surface area contributed by atoms with E-state index in [0.29, 0.717) is 5.75 Å². The molecule has 0 aliphatic rings. The first kappa shape index (κ1) is 16.4. The number of ether oxygens (including phenoxy) is 1. The largest absolute Gasteiger partial charge is 0.484 e. The second kappa shape index (κ2) is 6.97. The number of carbonyl (C=O) groups excluding carboxylic acids is 1. The Morgan fingerprint density at radius 2 is 1.96 bits per heavy atom. The summed E-state index contributed by atoms with van der Waals surface area (Å²) in [6.07, 6.45) is 0. The van der Waals surface area contributed by atoms with Crippen molar-refractivity contribution < 1.29 is 13.9 Å². The zero-order valence-corrected chi connectivity index (χ0v) is 14.2. The van der Waals surface area contributed by atoms with E-state index in [2.05, 4.69) is 4.98 Å². The number of amides is 1. The third kappa shape index (κ3) is 3.54. The Morgan fingerprint density at radius 1 is 1.25 bits per heavy atom. The number of likely N-dealkylation sites (N-methyl/N-ethyl adjacent to an activating group) is 1. The van der Waals surface area contributed by atoms with Crippen LogP contribution in [0.25, 0.3) is 10.2 Å². The van der Waals surface area contributed by atoms with Gasteiger partial charge in [-0.15, -0.1) is 11.3 Å². The molecule has 0 saturated heterocycles. The van der Waals surface area contributed by atoms with E-state index in [9.17, 15) is 9.18 Å². The van der Waals surface area contributed by atoms with Crippen molar-refractivity contribution in [3.63, 3.8) is 0 Å². The molecule has 1 atom stereocenters. The normalized spacial score (nSPS) is 12.1. The molecule has 4 nitrogen and oxygen atoms in total. The molecule has 0 spiro atoms. The van der Waals surface area contributed by atoms with Gasteiger partial charge < -0.3 is 9.64 Å². The number of benzene rings is 2. The van der Waals surface area contributed by atoms with Crippen molar-refractivity contribution in [2.45, 2.75) is 13.0 Å². The van der Waals surface area contributed by atoms with Crippen LogP contribution >= 0.6 is 11.3 Å². The highest BCUT2D eigenvalue weighted by molar-refractivity contribution is 7.18. The Labute approximate surface area is 143 Å². The number of hydrogen-bond donors (Lipinski definition) is 0. The van der Waals surface area contributed by atoms with E-state index in [1.807, 2.05) is 31.2 Å². The third-order valence-corrected chi connectivity index (χ3v) is 5.02. The Kier molecular flexibility index (Phi) is 4.76. The van der Waals surface area contributed by atoms with E-state index in [0.717, 1.165) is 15.2 Å². The summed E-state index contributed by atoms with van der Waals surface area (Å²) in [7, 11) is 1.73. The average molecular weight is 344 g/mol. The molecule has 0 unspecified atom stereocenters. The van der Waals surface area contributed by atoms with Crippen molar-refractivity contribution in [1.82, 2.24) is 9.88 Å². The zero-order chi connectivity index (χ0) is 17.1. The van der Waals surface area contributed by atoms with Gasteiger partial charge in [-0.05, 0) is 43.3 Å². The lowest BCUT2D eigenvalue weighted by Gasteiger charge is -2.23. The highest BCUT2D eigenvalue weighted by Crippen LogP contribution is 2.28. The molecule has 24 heavy (non-hydrogen) atoms. The maximum absolute atomic E-state index is 12.9. The standard InChI is InChI=1S/C18H17FN2O2S/c1-12(18-20-15-5-3-4-6-16(15)24-18)21(2)17(22)11-23-14-9-7-13(19)8-10-14/h3-10,12H,11H2,1-2H3/t12-/m1/s1. The highest BCUT2D eigenvalue weighted by atomic mass is 32.1. The van der Waals surface area contributed by atoms with E-state index >= 15 is 0 Å². The number of halogens is 1. The summed E-state index contributed by atoms with van der Waals surface area (Å²) in [5, 5.41) is 0.883. The fraction of sp³-hybridized carbons (Fsp3) is 0.222. The van der Waals surface area contributed by atoms with Gasteiger partial charge in [-0.1, -0.05) is 12.1 Å². The van der Waals surface area contributed by atoms with Gasteiger partial charge in [0.05, 0.1) is 16.3 Å². The molecule has 1 amide bonds. The fourth-order valence-electron chi connectivity index (χ4n) is 2.23. The molecule has 0 aliphatic carbocycles. The zero-order valence-electron chi connectivity index (χ0n) is 13.4. The molecule has 0 bridgehead atoms. The minimum Gasteiger partial charge on any atom is -0.484 e. The van der Waals surface area contributed by atoms with Crippen LogP contribution in [0.3, 0.4) is 0 Å². The maximum Gasteiger partial charge on any atom is 0.260 e. The summed E-state index contributed by atoms with van der Waals surface area (Å²) >= 11 is 1.58. The Hall–Kier alpha value is -2.47. The van der Waals surface area contributed by atoms with Crippen molar-refractivity contribution in [2.24, 2.45) is 0 Å². The lowest BCUT2D eigenvalue weighted by atomic mass is 10.3. The predicted octanol–water partition coefficient (Wildman–Crippen LogP) is 4.03. The molecule has 1 aromatic heterocycles. The molecule has 1 heterocycles. The first-order chi connectivity index (χ1) is 11.5. The molecule has 0 fully saturated rings. The van der Waals surface area contributed by atoms with Crippen LogP contribution < -0.4 is 4.74 Å². The predicted molar refractivity (Wildman–Crippen MR) is 92.7 cm³/mol. The van der Waals surface area contributed by atoms with Gasteiger partial charge in [0.1, 0.15) is 16.6 Å². The first-order valence-electron chi connectivity index (χ1n) is 7.54. The number of nitrogens with zero attached hydrogens (tertiary/aromatic N) is 2. The van der Waals surface area contributed by atoms with Crippen LogP contribution in [0.5, 0.6) is 5.75 Å². The van der Waals surface area contributed by atoms with Crippen molar-refractivity contribution in [2.75, 3.05) is 13.7 Å². The summed E-state index contributed by atoms with van der Waals surface area (Å²) in [6.45, 7) is 1.84. The van der Waals surface area contributed by atoms with Crippen LogP contribution in [0.2, 0.25) is 0 Å². The fourth-order valence-corrected chi connectivity index (χ4v) is 3.29. The van der Waals surface area contributed by atoms with E-state index in [-0.39, 0.29) is 24.4 Å². The van der Waals surface area contributed by atoms with Crippen molar-refractivity contribution in [3.8, 4) is 5.75 Å². The summed E-state index contributed by atoms with van der Waals surface area (Å²) in [5.41, 5.74) is 0.938. The second-order valence-corrected chi connectivity index (χ2v) is 6.51. The molecule has 0 N–H and O–H groups in total. The van der Waals surface area contributed by atoms with E-state index in [4.69, 9.17) is 4.74 Å². The van der Waals surface area contributed by atoms with Gasteiger partial charge in [0.2, 0.25) is 0 Å². The van der Waals surface area contributed by atoms with Gasteiger partial charge in [-0.2, -0.15) is 0 Å². The maximum atomic E-state index is 12.9. The lowest BCUT2D eigenvalue weighted by molar-refractivity contribution is -0.134. The highest BCUT2D eigenvalue weighted by Gasteiger charge is 2.21. The van der Waals surface area contributed by atoms with Crippen molar-refractivity contribution in [3.05, 3.63) is 59.4 Å². The molecular formula is C18H17FN2O2S. The SMILES string of the molecule is C[C@H](c1nc2ccccc2s1)N(C)C(=O)COc1ccc(F)cc1. The molecule has 0 radical (unpaired) electrons. The van der Waals surface area contributed by atoms with Crippen LogP contribution in [0, 0.1) is 5.82 Å². The molecule has 124 valence electrons. The summed E-state index contributed by atoms with van der Waals surface area (Å²) in [4.78, 5) is 18.5. The number of hydrogen-bond acceptors (Lipinski definition) is 4. The van der Waals surface area contributed by atoms with Gasteiger partial charge in [0.15, 0.2) is 6.61 Å². The molecule has 0 aliphatic heterocycles. The van der Waals surface area contributed by atoms with Gasteiger partial charge in [0, 0.05) is 7.05 Å². The third-order valence-electron chi connectivity index (χ3n) is 3.82. The Morgan fingerprint density at radius 3 is 2.67 bits per heavy atom. The van der Waals surface area contributed by atoms with Crippen LogP contribution in [0.4, 0.5) is 4.39 Å². The van der Waals surface area contributed by atoms with Crippen molar-refractivity contribution in [1.29, 1.82) is 0 Å². The molecule has 3 rings (SSSR count). The minimum atomic E-state index is -0.338. The number of carbonyl (C=O) groups is 1. The number of rotatable bonds is 5. The van der Waals surface area contributed by atoms with Crippen LogP contribution in [0.15, 0.2) is 48.5 Å². The molecular weight excluding hydrogens is 327 g/mol. The smallest absolute Gasteiger partial charge is 0.260 e. The van der Waals surface area contributed by atoms with Crippen LogP contribution in [0.1, 0.15) is 18.0 Å². The first-order valence-corrected chi connectivity index (χ1v) is 8.36. The van der Waals surface area contributed by atoms with Crippen LogP contribution in [-0.2, 0) is 4.79 Å². The van der Waals surface area contributed by atoms with E-state index < -0.39 is 0 Å². The molecule has 6 heteroatoms. The molecule has 3 aromatic rings. The van der Waals surface area contributed by atoms with E-state index in [1.54, 1.807) is 23.3 Å². The number of fused-ring (bicyclic) bond motifs is 1. The number of aromatic nitrogens is 1. The van der Waals surface area contributed by atoms with Crippen LogP contribution in [-0.4, -0.2) is 29.4 Å². The topological polar surface area (TPSA) is 42.4 Å². The van der Waals surface area contributed by atoms with Gasteiger partial charge in [0.25, 0.3) is 5.91 Å². The van der Waals surface area contributed by atoms with Crippen molar-refractivity contribution >= 4 is 27.5 Å². The summed E-state index contributed by atoms with van der Waals surface area (Å²) < 4.78 is 19.4.